The van der Waals surface area contributed by atoms with E-state index in [-0.39, 0.29) is 5.56 Å². The summed E-state index contributed by atoms with van der Waals surface area (Å²) in [6.07, 6.45) is 1.85. The average molecular weight is 387 g/mol. The van der Waals surface area contributed by atoms with E-state index in [4.69, 9.17) is 9.26 Å². The van der Waals surface area contributed by atoms with Gasteiger partial charge in [-0.15, -0.1) is 0 Å². The molecule has 0 radical (unpaired) electrons. The number of hydrogen-bond donors (Lipinski definition) is 0. The van der Waals surface area contributed by atoms with Crippen LogP contribution < -0.4 is 5.56 Å². The zero-order valence-electron chi connectivity index (χ0n) is 15.5. The molecular weight excluding hydrogens is 366 g/mol. The van der Waals surface area contributed by atoms with E-state index in [1.807, 2.05) is 13.0 Å². The van der Waals surface area contributed by atoms with Gasteiger partial charge in [-0.25, -0.2) is 9.78 Å². The number of fused-ring (bicyclic) bond motifs is 1. The third kappa shape index (κ3) is 4.21. The van der Waals surface area contributed by atoms with Gasteiger partial charge in [-0.3, -0.25) is 9.36 Å². The third-order valence-electron chi connectivity index (χ3n) is 4.10. The smallest absolute Gasteiger partial charge is 0.337 e. The van der Waals surface area contributed by atoms with Crippen molar-refractivity contribution in [1.82, 2.24) is 14.7 Å². The minimum Gasteiger partial charge on any atom is -0.465 e. The van der Waals surface area contributed by atoms with Crippen molar-refractivity contribution in [2.24, 2.45) is 0 Å². The van der Waals surface area contributed by atoms with Gasteiger partial charge in [0.05, 0.1) is 29.3 Å². The highest BCUT2D eigenvalue weighted by Crippen LogP contribution is 2.23. The largest absolute Gasteiger partial charge is 0.465 e. The normalized spacial score (nSPS) is 11.1. The number of benzene rings is 1. The number of aryl methyl sites for hydroxylation is 1. The number of esters is 1. The van der Waals surface area contributed by atoms with Crippen molar-refractivity contribution in [2.45, 2.75) is 44.1 Å². The predicted molar refractivity (Wildman–Crippen MR) is 103 cm³/mol. The van der Waals surface area contributed by atoms with Crippen LogP contribution >= 0.6 is 11.8 Å². The minimum absolute atomic E-state index is 0.108. The second-order valence-electron chi connectivity index (χ2n) is 6.15. The monoisotopic (exact) mass is 387 g/mol. The van der Waals surface area contributed by atoms with Crippen molar-refractivity contribution in [2.75, 3.05) is 7.11 Å². The lowest BCUT2D eigenvalue weighted by Gasteiger charge is -2.12. The summed E-state index contributed by atoms with van der Waals surface area (Å²) in [6.45, 7) is 4.51. The zero-order chi connectivity index (χ0) is 19.4. The van der Waals surface area contributed by atoms with Crippen LogP contribution in [-0.2, 0) is 17.0 Å². The van der Waals surface area contributed by atoms with Crippen molar-refractivity contribution in [3.63, 3.8) is 0 Å². The van der Waals surface area contributed by atoms with E-state index < -0.39 is 5.97 Å². The van der Waals surface area contributed by atoms with Crippen LogP contribution in [0.3, 0.4) is 0 Å². The fraction of sp³-hybridized carbons (Fsp3) is 0.368. The Morgan fingerprint density at radius 3 is 2.81 bits per heavy atom. The molecule has 0 N–H and O–H groups in total. The van der Waals surface area contributed by atoms with E-state index >= 15 is 0 Å². The van der Waals surface area contributed by atoms with Crippen LogP contribution in [0.2, 0.25) is 0 Å². The lowest BCUT2D eigenvalue weighted by Crippen LogP contribution is -2.23. The van der Waals surface area contributed by atoms with Crippen molar-refractivity contribution in [3.8, 4) is 0 Å². The van der Waals surface area contributed by atoms with Crippen LogP contribution in [0.5, 0.6) is 0 Å². The topological polar surface area (TPSA) is 87.2 Å². The number of nitrogens with zero attached hydrogens (tertiary/aromatic N) is 3. The number of thioether (sulfide) groups is 1. The lowest BCUT2D eigenvalue weighted by atomic mass is 10.1. The summed E-state index contributed by atoms with van der Waals surface area (Å²) in [5.74, 6) is 0.822. The molecule has 8 heteroatoms. The molecule has 0 saturated heterocycles. The van der Waals surface area contributed by atoms with E-state index in [9.17, 15) is 9.59 Å². The van der Waals surface area contributed by atoms with Gasteiger partial charge in [0.2, 0.25) is 0 Å². The van der Waals surface area contributed by atoms with E-state index in [0.717, 1.165) is 24.3 Å². The molecule has 3 aromatic rings. The number of ether oxygens (including phenoxy) is 1. The molecule has 142 valence electrons. The van der Waals surface area contributed by atoms with E-state index in [0.29, 0.717) is 33.9 Å². The first-order valence-electron chi connectivity index (χ1n) is 8.71. The van der Waals surface area contributed by atoms with Crippen molar-refractivity contribution >= 4 is 28.6 Å². The van der Waals surface area contributed by atoms with Crippen molar-refractivity contribution < 1.29 is 14.1 Å². The van der Waals surface area contributed by atoms with Gasteiger partial charge in [-0.1, -0.05) is 30.3 Å². The molecule has 1 aromatic carbocycles. The number of aromatic nitrogens is 3. The molecule has 0 fully saturated rings. The lowest BCUT2D eigenvalue weighted by molar-refractivity contribution is 0.0601. The molecular formula is C19H21N3O4S. The first-order chi connectivity index (χ1) is 13.0. The molecule has 0 aliphatic carbocycles. The van der Waals surface area contributed by atoms with Crippen molar-refractivity contribution in [1.29, 1.82) is 0 Å². The SMILES string of the molecule is CCCCn1c(SCc2cc(C)on2)nc2cc(C(=O)OC)ccc2c1=O. The molecule has 0 bridgehead atoms. The molecule has 27 heavy (non-hydrogen) atoms. The van der Waals surface area contributed by atoms with Crippen molar-refractivity contribution in [3.05, 3.63) is 51.6 Å². The Hall–Kier alpha value is -2.61. The Morgan fingerprint density at radius 1 is 1.33 bits per heavy atom. The molecule has 0 spiro atoms. The van der Waals surface area contributed by atoms with Gasteiger partial charge in [0.25, 0.3) is 5.56 Å². The first kappa shape index (κ1) is 19.2. The summed E-state index contributed by atoms with van der Waals surface area (Å²) in [5, 5.41) is 5.07. The van der Waals surface area contributed by atoms with Gasteiger partial charge < -0.3 is 9.26 Å². The molecule has 0 aliphatic rings. The molecule has 3 rings (SSSR count). The van der Waals surface area contributed by atoms with E-state index in [1.54, 1.807) is 22.8 Å². The van der Waals surface area contributed by atoms with E-state index in [2.05, 4.69) is 17.1 Å². The van der Waals surface area contributed by atoms with Gasteiger partial charge >= 0.3 is 5.97 Å². The van der Waals surface area contributed by atoms with Crippen LogP contribution in [0, 0.1) is 6.92 Å². The molecule has 0 saturated carbocycles. The summed E-state index contributed by atoms with van der Waals surface area (Å²) < 4.78 is 11.5. The number of carbonyl (C=O) groups is 1. The second kappa shape index (κ2) is 8.39. The molecule has 0 amide bonds. The van der Waals surface area contributed by atoms with Crippen LogP contribution in [0.1, 0.15) is 41.6 Å². The Labute approximate surface area is 160 Å². The van der Waals surface area contributed by atoms with Crippen LogP contribution in [0.25, 0.3) is 10.9 Å². The molecule has 0 aliphatic heterocycles. The maximum absolute atomic E-state index is 13.0. The molecule has 2 heterocycles. The van der Waals surface area contributed by atoms with Gasteiger partial charge in [-0.05, 0) is 31.5 Å². The molecule has 2 aromatic heterocycles. The highest BCUT2D eigenvalue weighted by molar-refractivity contribution is 7.98. The van der Waals surface area contributed by atoms with Gasteiger partial charge in [0.15, 0.2) is 5.16 Å². The average Bonchev–Trinajstić information content (AvgIpc) is 3.10. The fourth-order valence-corrected chi connectivity index (χ4v) is 3.60. The standard InChI is InChI=1S/C19H21N3O4S/c1-4-5-8-22-17(23)15-7-6-13(18(24)25-3)10-16(15)20-19(22)27-11-14-9-12(2)26-21-14/h6-7,9-10H,4-5,8,11H2,1-3H3. The summed E-state index contributed by atoms with van der Waals surface area (Å²) in [6, 6.07) is 6.68. The molecule has 7 nitrogen and oxygen atoms in total. The summed E-state index contributed by atoms with van der Waals surface area (Å²) in [5.41, 5.74) is 1.53. The zero-order valence-corrected chi connectivity index (χ0v) is 16.3. The predicted octanol–water partition coefficient (Wildman–Crippen LogP) is 3.57. The number of unbranched alkanes of at least 4 members (excludes halogenated alkanes) is 1. The molecule has 0 unspecified atom stereocenters. The highest BCUT2D eigenvalue weighted by Gasteiger charge is 2.15. The Balaban J connectivity index is 2.03. The number of methoxy groups -OCH3 is 1. The number of rotatable bonds is 7. The van der Waals surface area contributed by atoms with Gasteiger partial charge in [-0.2, -0.15) is 0 Å². The van der Waals surface area contributed by atoms with E-state index in [1.165, 1.54) is 18.9 Å². The fourth-order valence-electron chi connectivity index (χ4n) is 2.69. The second-order valence-corrected chi connectivity index (χ2v) is 7.09. The Kier molecular flexibility index (Phi) is 5.95. The quantitative estimate of drug-likeness (QED) is 0.348. The number of carbonyl (C=O) groups excluding carboxylic acids is 1. The van der Waals surface area contributed by atoms with Crippen LogP contribution in [0.15, 0.2) is 38.7 Å². The van der Waals surface area contributed by atoms with Gasteiger partial charge in [0, 0.05) is 18.4 Å². The summed E-state index contributed by atoms with van der Waals surface area (Å²) in [7, 11) is 1.32. The first-order valence-corrected chi connectivity index (χ1v) is 9.70. The summed E-state index contributed by atoms with van der Waals surface area (Å²) in [4.78, 5) is 29.4. The maximum Gasteiger partial charge on any atom is 0.337 e. The Morgan fingerprint density at radius 2 is 2.15 bits per heavy atom. The molecule has 0 atom stereocenters. The maximum atomic E-state index is 13.0. The number of hydrogen-bond acceptors (Lipinski definition) is 7. The summed E-state index contributed by atoms with van der Waals surface area (Å²) >= 11 is 1.43. The highest BCUT2D eigenvalue weighted by atomic mass is 32.2. The van der Waals surface area contributed by atoms with Gasteiger partial charge in [0.1, 0.15) is 5.76 Å². The van der Waals surface area contributed by atoms with Crippen LogP contribution in [0.4, 0.5) is 0 Å². The minimum atomic E-state index is -0.457. The Bertz CT molecular complexity index is 1030. The third-order valence-corrected chi connectivity index (χ3v) is 5.11. The van der Waals surface area contributed by atoms with Crippen LogP contribution in [-0.4, -0.2) is 27.8 Å².